The molecule has 0 saturated heterocycles. The summed E-state index contributed by atoms with van der Waals surface area (Å²) in [6.45, 7) is 5.56. The summed E-state index contributed by atoms with van der Waals surface area (Å²) in [5.74, 6) is 0.898. The molecule has 1 heterocycles. The van der Waals surface area contributed by atoms with Crippen LogP contribution in [0.2, 0.25) is 0 Å². The zero-order valence-corrected chi connectivity index (χ0v) is 12.8. The molecule has 4 heteroatoms. The zero-order chi connectivity index (χ0) is 15.2. The van der Waals surface area contributed by atoms with Gasteiger partial charge >= 0.3 is 0 Å². The lowest BCUT2D eigenvalue weighted by Gasteiger charge is -2.11. The number of hydrogen-bond acceptors (Lipinski definition) is 3. The first-order valence-corrected chi connectivity index (χ1v) is 7.22. The third-order valence-corrected chi connectivity index (χ3v) is 3.40. The minimum atomic E-state index is 0.0442. The van der Waals surface area contributed by atoms with E-state index in [4.69, 9.17) is 4.74 Å². The Labute approximate surface area is 125 Å². The van der Waals surface area contributed by atoms with Crippen LogP contribution in [0.25, 0.3) is 0 Å². The molecule has 4 nitrogen and oxygen atoms in total. The number of aromatic nitrogens is 1. The molecule has 2 aromatic rings. The van der Waals surface area contributed by atoms with Crippen LogP contribution in [-0.2, 0) is 13.1 Å². The largest absolute Gasteiger partial charge is 0.496 e. The van der Waals surface area contributed by atoms with Crippen molar-refractivity contribution in [2.75, 3.05) is 12.4 Å². The smallest absolute Gasteiger partial charge is 0.250 e. The van der Waals surface area contributed by atoms with Gasteiger partial charge in [0.1, 0.15) is 5.75 Å². The van der Waals surface area contributed by atoms with Crippen LogP contribution < -0.4 is 15.6 Å². The van der Waals surface area contributed by atoms with Gasteiger partial charge in [0.05, 0.1) is 12.8 Å². The molecule has 0 atom stereocenters. The van der Waals surface area contributed by atoms with E-state index < -0.39 is 0 Å². The number of aryl methyl sites for hydroxylation is 2. The van der Waals surface area contributed by atoms with Gasteiger partial charge in [0.25, 0.3) is 5.56 Å². The normalized spacial score (nSPS) is 10.4. The van der Waals surface area contributed by atoms with Crippen molar-refractivity contribution in [3.63, 3.8) is 0 Å². The molecule has 0 fully saturated rings. The minimum absolute atomic E-state index is 0.0442. The summed E-state index contributed by atoms with van der Waals surface area (Å²) in [6, 6.07) is 9.56. The van der Waals surface area contributed by atoms with Gasteiger partial charge in [-0.15, -0.1) is 0 Å². The number of methoxy groups -OCH3 is 1. The second kappa shape index (κ2) is 6.97. The Morgan fingerprint density at radius 3 is 2.71 bits per heavy atom. The Morgan fingerprint density at radius 1 is 1.24 bits per heavy atom. The van der Waals surface area contributed by atoms with Crippen LogP contribution >= 0.6 is 0 Å². The highest BCUT2D eigenvalue weighted by atomic mass is 16.5. The predicted molar refractivity (Wildman–Crippen MR) is 86.1 cm³/mol. The summed E-state index contributed by atoms with van der Waals surface area (Å²) in [6.07, 6.45) is 2.82. The van der Waals surface area contributed by atoms with Crippen molar-refractivity contribution in [3.05, 3.63) is 58.0 Å². The molecule has 0 saturated carbocycles. The summed E-state index contributed by atoms with van der Waals surface area (Å²) in [4.78, 5) is 11.7. The van der Waals surface area contributed by atoms with Crippen molar-refractivity contribution >= 4 is 5.69 Å². The van der Waals surface area contributed by atoms with Crippen LogP contribution in [0, 0.1) is 6.92 Å². The highest BCUT2D eigenvalue weighted by molar-refractivity contribution is 5.43. The minimum Gasteiger partial charge on any atom is -0.496 e. The van der Waals surface area contributed by atoms with Crippen molar-refractivity contribution in [1.29, 1.82) is 0 Å². The topological polar surface area (TPSA) is 43.3 Å². The molecule has 1 N–H and O–H groups in total. The maximum absolute atomic E-state index is 11.7. The molecule has 21 heavy (non-hydrogen) atoms. The Bertz CT molecular complexity index is 662. The number of pyridine rings is 1. The fourth-order valence-corrected chi connectivity index (χ4v) is 2.31. The molecular formula is C17H22N2O2. The quantitative estimate of drug-likeness (QED) is 0.887. The highest BCUT2D eigenvalue weighted by Crippen LogP contribution is 2.19. The zero-order valence-electron chi connectivity index (χ0n) is 12.8. The number of hydrogen-bond donors (Lipinski definition) is 1. The maximum Gasteiger partial charge on any atom is 0.250 e. The fourth-order valence-electron chi connectivity index (χ4n) is 2.31. The summed E-state index contributed by atoms with van der Waals surface area (Å²) >= 11 is 0. The van der Waals surface area contributed by atoms with Crippen LogP contribution in [0.1, 0.15) is 24.5 Å². The van der Waals surface area contributed by atoms with Gasteiger partial charge in [0.15, 0.2) is 0 Å². The van der Waals surface area contributed by atoms with Gasteiger partial charge in [0.2, 0.25) is 0 Å². The van der Waals surface area contributed by atoms with Gasteiger partial charge in [0, 0.05) is 25.4 Å². The molecule has 0 radical (unpaired) electrons. The lowest BCUT2D eigenvalue weighted by molar-refractivity contribution is 0.411. The molecule has 0 aliphatic heterocycles. The van der Waals surface area contributed by atoms with Gasteiger partial charge in [-0.1, -0.05) is 19.1 Å². The molecule has 2 rings (SSSR count). The third kappa shape index (κ3) is 3.88. The molecule has 0 bridgehead atoms. The molecular weight excluding hydrogens is 264 g/mol. The molecule has 1 aromatic heterocycles. The monoisotopic (exact) mass is 286 g/mol. The van der Waals surface area contributed by atoms with E-state index in [1.54, 1.807) is 17.7 Å². The molecule has 0 aliphatic rings. The van der Waals surface area contributed by atoms with Gasteiger partial charge in [-0.25, -0.2) is 0 Å². The number of nitrogens with one attached hydrogen (secondary N) is 1. The van der Waals surface area contributed by atoms with Crippen molar-refractivity contribution in [3.8, 4) is 5.75 Å². The Kier molecular flexibility index (Phi) is 5.04. The maximum atomic E-state index is 11.7. The van der Waals surface area contributed by atoms with E-state index in [1.165, 1.54) is 5.56 Å². The van der Waals surface area contributed by atoms with E-state index in [2.05, 4.69) is 18.3 Å². The Balaban J connectivity index is 2.07. The average molecular weight is 286 g/mol. The molecule has 0 spiro atoms. The summed E-state index contributed by atoms with van der Waals surface area (Å²) in [7, 11) is 1.68. The van der Waals surface area contributed by atoms with Crippen LogP contribution in [-0.4, -0.2) is 11.7 Å². The highest BCUT2D eigenvalue weighted by Gasteiger charge is 2.01. The summed E-state index contributed by atoms with van der Waals surface area (Å²) in [5.41, 5.74) is 3.30. The van der Waals surface area contributed by atoms with E-state index >= 15 is 0 Å². The van der Waals surface area contributed by atoms with Gasteiger partial charge in [-0.2, -0.15) is 0 Å². The van der Waals surface area contributed by atoms with Crippen molar-refractivity contribution in [2.24, 2.45) is 0 Å². The van der Waals surface area contributed by atoms with Crippen LogP contribution in [0.4, 0.5) is 5.69 Å². The second-order valence-electron chi connectivity index (χ2n) is 5.11. The predicted octanol–water partition coefficient (Wildman–Crippen LogP) is 3.19. The van der Waals surface area contributed by atoms with Crippen molar-refractivity contribution in [2.45, 2.75) is 33.4 Å². The Hall–Kier alpha value is -2.23. The van der Waals surface area contributed by atoms with Gasteiger partial charge < -0.3 is 14.6 Å². The number of anilines is 1. The van der Waals surface area contributed by atoms with Crippen LogP contribution in [0.15, 0.2) is 41.3 Å². The number of rotatable bonds is 6. The number of nitrogens with zero attached hydrogens (tertiary/aromatic N) is 1. The molecule has 112 valence electrons. The average Bonchev–Trinajstić information content (AvgIpc) is 2.48. The third-order valence-electron chi connectivity index (χ3n) is 3.40. The van der Waals surface area contributed by atoms with Gasteiger partial charge in [-0.05, 0) is 36.6 Å². The van der Waals surface area contributed by atoms with E-state index in [9.17, 15) is 4.79 Å². The first-order chi connectivity index (χ1) is 10.1. The molecule has 1 aromatic carbocycles. The first-order valence-electron chi connectivity index (χ1n) is 7.22. The van der Waals surface area contributed by atoms with E-state index in [0.29, 0.717) is 0 Å². The first kappa shape index (κ1) is 15.2. The van der Waals surface area contributed by atoms with Gasteiger partial charge in [-0.3, -0.25) is 4.79 Å². The summed E-state index contributed by atoms with van der Waals surface area (Å²) < 4.78 is 7.00. The lowest BCUT2D eigenvalue weighted by atomic mass is 10.1. The van der Waals surface area contributed by atoms with E-state index in [0.717, 1.165) is 36.5 Å². The standard InChI is InChI=1S/C17H22N2O2/c1-4-9-19-12-15(6-8-17(19)20)18-11-14-5-7-16(21-3)13(2)10-14/h5-8,10,12,18H,4,9,11H2,1-3H3. The molecule has 0 amide bonds. The Morgan fingerprint density at radius 2 is 2.05 bits per heavy atom. The lowest BCUT2D eigenvalue weighted by Crippen LogP contribution is -2.18. The summed E-state index contributed by atoms with van der Waals surface area (Å²) in [5, 5.41) is 3.35. The molecule has 0 aliphatic carbocycles. The fraction of sp³-hybridized carbons (Fsp3) is 0.353. The number of benzene rings is 1. The van der Waals surface area contributed by atoms with E-state index in [1.807, 2.05) is 31.3 Å². The van der Waals surface area contributed by atoms with Crippen molar-refractivity contribution < 1.29 is 4.74 Å². The van der Waals surface area contributed by atoms with Crippen LogP contribution in [0.5, 0.6) is 5.75 Å². The number of ether oxygens (including phenoxy) is 1. The van der Waals surface area contributed by atoms with Crippen LogP contribution in [0.3, 0.4) is 0 Å². The SMILES string of the molecule is CCCn1cc(NCc2ccc(OC)c(C)c2)ccc1=O. The molecule has 0 unspecified atom stereocenters. The van der Waals surface area contributed by atoms with E-state index in [-0.39, 0.29) is 5.56 Å². The van der Waals surface area contributed by atoms with Crippen molar-refractivity contribution in [1.82, 2.24) is 4.57 Å². The second-order valence-corrected chi connectivity index (χ2v) is 5.11.